The molecule has 4 N–H and O–H groups in total. The zero-order chi connectivity index (χ0) is 17.4. The lowest BCUT2D eigenvalue weighted by molar-refractivity contribution is -0.114. The summed E-state index contributed by atoms with van der Waals surface area (Å²) in [7, 11) is 0. The van der Waals surface area contributed by atoms with Crippen molar-refractivity contribution >= 4 is 23.2 Å². The molecule has 2 aromatic carbocycles. The number of carbonyl (C=O) groups is 2. The summed E-state index contributed by atoms with van der Waals surface area (Å²) in [6.45, 7) is 3.92. The van der Waals surface area contributed by atoms with E-state index in [9.17, 15) is 9.59 Å². The Bertz CT molecular complexity index is 744. The summed E-state index contributed by atoms with van der Waals surface area (Å²) in [5, 5.41) is 5.67. The number of anilines is 2. The summed E-state index contributed by atoms with van der Waals surface area (Å²) in [4.78, 5) is 23.5. The first-order valence-corrected chi connectivity index (χ1v) is 7.37. The Morgan fingerprint density at radius 2 is 1.75 bits per heavy atom. The predicted octanol–water partition coefficient (Wildman–Crippen LogP) is 2.40. The Kier molecular flexibility index (Phi) is 5.96. The topological polar surface area (TPSA) is 93.4 Å². The number of hydrogen-bond acceptors (Lipinski definition) is 4. The maximum atomic E-state index is 12.1. The molecule has 0 aliphatic rings. The van der Waals surface area contributed by atoms with Crippen molar-refractivity contribution < 1.29 is 14.3 Å². The number of nitrogens with two attached hydrogens (primary N) is 1. The number of carbonyl (C=O) groups excluding carboxylic acids is 2. The average Bonchev–Trinajstić information content (AvgIpc) is 2.59. The van der Waals surface area contributed by atoms with Gasteiger partial charge in [-0.25, -0.2) is 0 Å². The van der Waals surface area contributed by atoms with Crippen LogP contribution in [-0.2, 0) is 4.79 Å². The predicted molar refractivity (Wildman–Crippen MR) is 94.2 cm³/mol. The van der Waals surface area contributed by atoms with Gasteiger partial charge in [0.15, 0.2) is 0 Å². The zero-order valence-corrected chi connectivity index (χ0v) is 13.1. The van der Waals surface area contributed by atoms with Gasteiger partial charge in [0.1, 0.15) is 12.4 Å². The van der Waals surface area contributed by atoms with Crippen LogP contribution in [0.1, 0.15) is 10.4 Å². The molecule has 0 fully saturated rings. The normalized spacial score (nSPS) is 9.83. The van der Waals surface area contributed by atoms with Crippen LogP contribution in [0.4, 0.5) is 11.4 Å². The number of hydrogen-bond donors (Lipinski definition) is 3. The molecular formula is C18H19N3O3. The first kappa shape index (κ1) is 17.1. The minimum absolute atomic E-state index is 0.0138. The number of rotatable bonds is 8. The highest BCUT2D eigenvalue weighted by Gasteiger charge is 2.10. The van der Waals surface area contributed by atoms with Gasteiger partial charge >= 0.3 is 0 Å². The molecule has 2 rings (SSSR count). The van der Waals surface area contributed by atoms with E-state index in [0.29, 0.717) is 29.3 Å². The van der Waals surface area contributed by atoms with Crippen molar-refractivity contribution in [3.05, 3.63) is 66.7 Å². The van der Waals surface area contributed by atoms with Gasteiger partial charge in [0, 0.05) is 5.69 Å². The van der Waals surface area contributed by atoms with Gasteiger partial charge in [0.05, 0.1) is 17.8 Å². The average molecular weight is 325 g/mol. The second-order valence-electron chi connectivity index (χ2n) is 4.91. The van der Waals surface area contributed by atoms with Crippen LogP contribution in [0.25, 0.3) is 0 Å². The van der Waals surface area contributed by atoms with Crippen LogP contribution in [0, 0.1) is 0 Å². The molecule has 0 atom stereocenters. The lowest BCUT2D eigenvalue weighted by Gasteiger charge is -2.13. The van der Waals surface area contributed by atoms with Crippen molar-refractivity contribution in [2.24, 2.45) is 5.73 Å². The van der Waals surface area contributed by atoms with Gasteiger partial charge in [0.25, 0.3) is 5.91 Å². The Hall–Kier alpha value is -3.28. The van der Waals surface area contributed by atoms with Crippen LogP contribution in [-0.4, -0.2) is 25.0 Å². The minimum atomic E-state index is -0.554. The van der Waals surface area contributed by atoms with E-state index < -0.39 is 5.91 Å². The van der Waals surface area contributed by atoms with E-state index in [1.807, 2.05) is 6.07 Å². The van der Waals surface area contributed by atoms with E-state index in [0.717, 1.165) is 0 Å². The van der Waals surface area contributed by atoms with Crippen LogP contribution in [0.3, 0.4) is 0 Å². The van der Waals surface area contributed by atoms with Crippen molar-refractivity contribution in [1.29, 1.82) is 0 Å². The van der Waals surface area contributed by atoms with Gasteiger partial charge in [-0.05, 0) is 24.3 Å². The molecule has 2 amide bonds. The van der Waals surface area contributed by atoms with E-state index in [1.165, 1.54) is 0 Å². The minimum Gasteiger partial charge on any atom is -0.487 e. The largest absolute Gasteiger partial charge is 0.487 e. The highest BCUT2D eigenvalue weighted by Crippen LogP contribution is 2.23. The quantitative estimate of drug-likeness (QED) is 0.650. The summed E-state index contributed by atoms with van der Waals surface area (Å²) < 4.78 is 5.49. The Labute approximate surface area is 140 Å². The summed E-state index contributed by atoms with van der Waals surface area (Å²) >= 11 is 0. The van der Waals surface area contributed by atoms with Crippen LogP contribution in [0.5, 0.6) is 5.75 Å². The smallest absolute Gasteiger partial charge is 0.250 e. The molecule has 0 spiro atoms. The fraction of sp³-hybridized carbons (Fsp3) is 0.111. The van der Waals surface area contributed by atoms with Gasteiger partial charge in [-0.15, -0.1) is 0 Å². The van der Waals surface area contributed by atoms with Crippen molar-refractivity contribution in [3.63, 3.8) is 0 Å². The molecule has 0 heterocycles. The van der Waals surface area contributed by atoms with Crippen molar-refractivity contribution in [1.82, 2.24) is 0 Å². The fourth-order valence-corrected chi connectivity index (χ4v) is 2.07. The number of primary amides is 1. The first-order chi connectivity index (χ1) is 11.6. The molecule has 6 nitrogen and oxygen atoms in total. The number of para-hydroxylation sites is 3. The van der Waals surface area contributed by atoms with Crippen molar-refractivity contribution in [3.8, 4) is 5.75 Å². The number of benzene rings is 2. The lowest BCUT2D eigenvalue weighted by Crippen LogP contribution is -2.23. The highest BCUT2D eigenvalue weighted by molar-refractivity contribution is 6.00. The maximum absolute atomic E-state index is 12.1. The Morgan fingerprint density at radius 3 is 2.46 bits per heavy atom. The summed E-state index contributed by atoms with van der Waals surface area (Å²) in [6, 6.07) is 13.9. The third kappa shape index (κ3) is 4.61. The summed E-state index contributed by atoms with van der Waals surface area (Å²) in [6.07, 6.45) is 1.63. The molecule has 0 saturated carbocycles. The molecule has 0 radical (unpaired) electrons. The lowest BCUT2D eigenvalue weighted by atomic mass is 10.1. The molecule has 0 aliphatic heterocycles. The van der Waals surface area contributed by atoms with Crippen LogP contribution in [0.2, 0.25) is 0 Å². The molecule has 0 bridgehead atoms. The summed E-state index contributed by atoms with van der Waals surface area (Å²) in [5.74, 6) is -0.270. The molecule has 0 unspecified atom stereocenters. The first-order valence-electron chi connectivity index (χ1n) is 7.37. The van der Waals surface area contributed by atoms with E-state index in [2.05, 4.69) is 17.2 Å². The molecule has 124 valence electrons. The molecule has 0 aromatic heterocycles. The monoisotopic (exact) mass is 325 g/mol. The van der Waals surface area contributed by atoms with Crippen molar-refractivity contribution in [2.45, 2.75) is 0 Å². The molecule has 2 aromatic rings. The van der Waals surface area contributed by atoms with Gasteiger partial charge in [-0.3, -0.25) is 9.59 Å². The summed E-state index contributed by atoms with van der Waals surface area (Å²) in [5.41, 5.74) is 6.71. The van der Waals surface area contributed by atoms with Crippen LogP contribution >= 0.6 is 0 Å². The number of nitrogens with one attached hydrogen (secondary N) is 2. The third-order valence-corrected chi connectivity index (χ3v) is 3.15. The van der Waals surface area contributed by atoms with Crippen LogP contribution < -0.4 is 21.1 Å². The highest BCUT2D eigenvalue weighted by atomic mass is 16.5. The van der Waals surface area contributed by atoms with E-state index in [4.69, 9.17) is 10.5 Å². The SMILES string of the molecule is C=CCOc1ccccc1NC(=O)CNc1ccccc1C(N)=O. The Balaban J connectivity index is 2.00. The molecule has 0 aliphatic carbocycles. The standard InChI is InChI=1S/C18H19N3O3/c1-2-11-24-16-10-6-5-9-15(16)21-17(22)12-20-14-8-4-3-7-13(14)18(19)23/h2-10,20H,1,11-12H2,(H2,19,23)(H,21,22). The van der Waals surface area contributed by atoms with Gasteiger partial charge < -0.3 is 21.1 Å². The van der Waals surface area contributed by atoms with Gasteiger partial charge in [0.2, 0.25) is 5.91 Å². The number of ether oxygens (including phenoxy) is 1. The molecule has 0 saturated heterocycles. The molecule has 24 heavy (non-hydrogen) atoms. The van der Waals surface area contributed by atoms with E-state index >= 15 is 0 Å². The zero-order valence-electron chi connectivity index (χ0n) is 13.1. The second kappa shape index (κ2) is 8.38. The fourth-order valence-electron chi connectivity index (χ4n) is 2.07. The Morgan fingerprint density at radius 1 is 1.08 bits per heavy atom. The molecule has 6 heteroatoms. The second-order valence-corrected chi connectivity index (χ2v) is 4.91. The van der Waals surface area contributed by atoms with Gasteiger partial charge in [-0.2, -0.15) is 0 Å². The van der Waals surface area contributed by atoms with E-state index in [-0.39, 0.29) is 12.5 Å². The maximum Gasteiger partial charge on any atom is 0.250 e. The number of amides is 2. The third-order valence-electron chi connectivity index (χ3n) is 3.15. The van der Waals surface area contributed by atoms with Gasteiger partial charge in [-0.1, -0.05) is 36.9 Å². The molecular weight excluding hydrogens is 306 g/mol. The van der Waals surface area contributed by atoms with Crippen LogP contribution in [0.15, 0.2) is 61.2 Å². The van der Waals surface area contributed by atoms with Crippen molar-refractivity contribution in [2.75, 3.05) is 23.8 Å². The van der Waals surface area contributed by atoms with E-state index in [1.54, 1.807) is 48.5 Å².